The number of methoxy groups -OCH3 is 1. The second kappa shape index (κ2) is 7.09. The molecular formula is C17H20FNO2. The summed E-state index contributed by atoms with van der Waals surface area (Å²) in [4.78, 5) is 0. The maximum atomic E-state index is 13.2. The lowest BCUT2D eigenvalue weighted by Gasteiger charge is -2.16. The van der Waals surface area contributed by atoms with E-state index in [9.17, 15) is 9.50 Å². The molecule has 0 aliphatic rings. The Morgan fingerprint density at radius 1 is 1.24 bits per heavy atom. The molecule has 0 saturated carbocycles. The van der Waals surface area contributed by atoms with Crippen LogP contribution in [0.15, 0.2) is 42.5 Å². The molecule has 2 aromatic rings. The summed E-state index contributed by atoms with van der Waals surface area (Å²) in [6, 6.07) is 11.7. The Balaban J connectivity index is 1.95. The lowest BCUT2D eigenvalue weighted by Crippen LogP contribution is -2.21. The summed E-state index contributed by atoms with van der Waals surface area (Å²) in [6.45, 7) is 2.61. The first-order chi connectivity index (χ1) is 10.1. The van der Waals surface area contributed by atoms with Gasteiger partial charge in [-0.05, 0) is 49.7 Å². The van der Waals surface area contributed by atoms with E-state index in [1.54, 1.807) is 7.11 Å². The first-order valence-electron chi connectivity index (χ1n) is 6.95. The van der Waals surface area contributed by atoms with Gasteiger partial charge in [0.15, 0.2) is 0 Å². The fourth-order valence-electron chi connectivity index (χ4n) is 2.32. The molecule has 1 atom stereocenters. The fourth-order valence-corrected chi connectivity index (χ4v) is 2.32. The Kier molecular flexibility index (Phi) is 5.17. The number of aromatic hydroxyl groups is 1. The van der Waals surface area contributed by atoms with E-state index in [2.05, 4.69) is 5.32 Å². The van der Waals surface area contributed by atoms with Gasteiger partial charge in [-0.3, -0.25) is 0 Å². The number of halogens is 1. The van der Waals surface area contributed by atoms with Crippen molar-refractivity contribution in [3.05, 3.63) is 59.4 Å². The third-order valence-electron chi connectivity index (χ3n) is 3.49. The van der Waals surface area contributed by atoms with Crippen molar-refractivity contribution in [2.75, 3.05) is 13.7 Å². The zero-order valence-electron chi connectivity index (χ0n) is 12.3. The molecule has 4 heteroatoms. The van der Waals surface area contributed by atoms with Gasteiger partial charge in [0.1, 0.15) is 17.3 Å². The monoisotopic (exact) mass is 289 g/mol. The second-order valence-corrected chi connectivity index (χ2v) is 4.94. The summed E-state index contributed by atoms with van der Waals surface area (Å²) in [5.74, 6) is 0.621. The number of hydrogen-bond acceptors (Lipinski definition) is 3. The molecule has 2 rings (SSSR count). The summed E-state index contributed by atoms with van der Waals surface area (Å²) in [5.41, 5.74) is 1.68. The third-order valence-corrected chi connectivity index (χ3v) is 3.49. The second-order valence-electron chi connectivity index (χ2n) is 4.94. The number of nitrogens with one attached hydrogen (secondary N) is 1. The summed E-state index contributed by atoms with van der Waals surface area (Å²) >= 11 is 0. The van der Waals surface area contributed by atoms with Crippen molar-refractivity contribution < 1.29 is 14.2 Å². The van der Waals surface area contributed by atoms with Crippen molar-refractivity contribution in [2.24, 2.45) is 0 Å². The van der Waals surface area contributed by atoms with Crippen molar-refractivity contribution >= 4 is 0 Å². The van der Waals surface area contributed by atoms with E-state index in [0.29, 0.717) is 12.1 Å². The minimum Gasteiger partial charge on any atom is -0.508 e. The molecule has 0 heterocycles. The van der Waals surface area contributed by atoms with Crippen LogP contribution in [-0.2, 0) is 6.42 Å². The van der Waals surface area contributed by atoms with Crippen LogP contribution >= 0.6 is 0 Å². The molecule has 0 aromatic heterocycles. The van der Waals surface area contributed by atoms with Crippen molar-refractivity contribution in [1.29, 1.82) is 0 Å². The van der Waals surface area contributed by atoms with Crippen molar-refractivity contribution in [2.45, 2.75) is 19.4 Å². The van der Waals surface area contributed by atoms with Gasteiger partial charge in [0.2, 0.25) is 0 Å². The van der Waals surface area contributed by atoms with Gasteiger partial charge in [-0.1, -0.05) is 18.2 Å². The van der Waals surface area contributed by atoms with Crippen molar-refractivity contribution in [3.8, 4) is 11.5 Å². The first kappa shape index (κ1) is 15.3. The summed E-state index contributed by atoms with van der Waals surface area (Å²) < 4.78 is 18.5. The van der Waals surface area contributed by atoms with Gasteiger partial charge >= 0.3 is 0 Å². The lowest BCUT2D eigenvalue weighted by atomic mass is 10.1. The van der Waals surface area contributed by atoms with Crippen LogP contribution in [0.2, 0.25) is 0 Å². The smallest absolute Gasteiger partial charge is 0.123 e. The maximum Gasteiger partial charge on any atom is 0.123 e. The topological polar surface area (TPSA) is 41.5 Å². The molecule has 0 aliphatic heterocycles. The van der Waals surface area contributed by atoms with Crippen LogP contribution < -0.4 is 10.1 Å². The molecule has 0 radical (unpaired) electrons. The number of para-hydroxylation sites is 1. The van der Waals surface area contributed by atoms with E-state index < -0.39 is 0 Å². The predicted octanol–water partition coefficient (Wildman–Crippen LogP) is 3.43. The Morgan fingerprint density at radius 3 is 2.76 bits per heavy atom. The average Bonchev–Trinajstić information content (AvgIpc) is 2.50. The highest BCUT2D eigenvalue weighted by molar-refractivity contribution is 5.35. The van der Waals surface area contributed by atoms with Crippen molar-refractivity contribution in [1.82, 2.24) is 5.32 Å². The molecule has 3 nitrogen and oxygen atoms in total. The minimum absolute atomic E-state index is 0.105. The molecule has 0 spiro atoms. The van der Waals surface area contributed by atoms with E-state index >= 15 is 0 Å². The van der Waals surface area contributed by atoms with E-state index in [1.165, 1.54) is 18.2 Å². The highest BCUT2D eigenvalue weighted by Gasteiger charge is 2.11. The van der Waals surface area contributed by atoms with Crippen LogP contribution in [0.4, 0.5) is 4.39 Å². The van der Waals surface area contributed by atoms with E-state index in [0.717, 1.165) is 17.7 Å². The molecule has 2 aromatic carbocycles. The SMILES string of the molecule is COc1ccccc1CCNC(C)c1cc(F)ccc1O. The zero-order valence-corrected chi connectivity index (χ0v) is 12.3. The molecule has 0 bridgehead atoms. The Labute approximate surface area is 124 Å². The zero-order chi connectivity index (χ0) is 15.2. The number of ether oxygens (including phenoxy) is 1. The normalized spacial score (nSPS) is 12.1. The number of phenols is 1. The molecule has 0 amide bonds. The number of hydrogen-bond donors (Lipinski definition) is 2. The van der Waals surface area contributed by atoms with Gasteiger partial charge in [-0.25, -0.2) is 4.39 Å². The molecule has 112 valence electrons. The van der Waals surface area contributed by atoms with Gasteiger partial charge in [0.25, 0.3) is 0 Å². The van der Waals surface area contributed by atoms with Gasteiger partial charge in [-0.15, -0.1) is 0 Å². The number of phenolic OH excluding ortho intramolecular Hbond substituents is 1. The first-order valence-corrected chi connectivity index (χ1v) is 6.95. The van der Waals surface area contributed by atoms with Gasteiger partial charge in [0.05, 0.1) is 7.11 Å². The standard InChI is InChI=1S/C17H20FNO2/c1-12(15-11-14(18)7-8-16(15)20)19-10-9-13-5-3-4-6-17(13)21-2/h3-8,11-12,19-20H,9-10H2,1-2H3. The quantitative estimate of drug-likeness (QED) is 0.856. The van der Waals surface area contributed by atoms with E-state index in [-0.39, 0.29) is 17.6 Å². The molecule has 0 fully saturated rings. The van der Waals surface area contributed by atoms with Gasteiger partial charge in [0, 0.05) is 11.6 Å². The van der Waals surface area contributed by atoms with Crippen LogP contribution in [0.3, 0.4) is 0 Å². The number of benzene rings is 2. The number of rotatable bonds is 6. The molecule has 1 unspecified atom stereocenters. The maximum absolute atomic E-state index is 13.2. The minimum atomic E-state index is -0.346. The average molecular weight is 289 g/mol. The summed E-state index contributed by atoms with van der Waals surface area (Å²) in [5, 5.41) is 13.1. The lowest BCUT2D eigenvalue weighted by molar-refractivity contribution is 0.408. The van der Waals surface area contributed by atoms with Crippen LogP contribution in [0.1, 0.15) is 24.1 Å². The fraction of sp³-hybridized carbons (Fsp3) is 0.294. The van der Waals surface area contributed by atoms with Gasteiger partial charge < -0.3 is 15.2 Å². The highest BCUT2D eigenvalue weighted by Crippen LogP contribution is 2.25. The molecule has 0 saturated heterocycles. The molecule has 21 heavy (non-hydrogen) atoms. The Bertz CT molecular complexity index is 601. The molecular weight excluding hydrogens is 269 g/mol. The van der Waals surface area contributed by atoms with E-state index in [4.69, 9.17) is 4.74 Å². The highest BCUT2D eigenvalue weighted by atomic mass is 19.1. The Hall–Kier alpha value is -2.07. The van der Waals surface area contributed by atoms with Crippen LogP contribution in [0.5, 0.6) is 11.5 Å². The van der Waals surface area contributed by atoms with Crippen molar-refractivity contribution in [3.63, 3.8) is 0 Å². The summed E-state index contributed by atoms with van der Waals surface area (Å²) in [7, 11) is 1.65. The molecule has 2 N–H and O–H groups in total. The van der Waals surface area contributed by atoms with Gasteiger partial charge in [-0.2, -0.15) is 0 Å². The van der Waals surface area contributed by atoms with E-state index in [1.807, 2.05) is 31.2 Å². The predicted molar refractivity (Wildman–Crippen MR) is 81.2 cm³/mol. The van der Waals surface area contributed by atoms with Crippen LogP contribution in [-0.4, -0.2) is 18.8 Å². The van der Waals surface area contributed by atoms with Crippen LogP contribution in [0, 0.1) is 5.82 Å². The largest absolute Gasteiger partial charge is 0.508 e. The molecule has 0 aliphatic carbocycles. The van der Waals surface area contributed by atoms with Crippen LogP contribution in [0.25, 0.3) is 0 Å². The Morgan fingerprint density at radius 2 is 2.00 bits per heavy atom. The third kappa shape index (κ3) is 3.95. The summed E-state index contributed by atoms with van der Waals surface area (Å²) in [6.07, 6.45) is 0.796.